The van der Waals surface area contributed by atoms with E-state index in [0.717, 1.165) is 0 Å². The van der Waals surface area contributed by atoms with Gasteiger partial charge in [-0.15, -0.1) is 0 Å². The van der Waals surface area contributed by atoms with Crippen LogP contribution in [0.4, 0.5) is 0 Å². The standard InChI is InChI=1S/C11H17NO4S/c1-8-6-10(16-3)4-5-11(8)17(14,15)12-9(2)7-13/h4-6,9,12-13H,7H2,1-3H3/t9-/m0/s1. The fourth-order valence-electron chi connectivity index (χ4n) is 1.42. The average molecular weight is 259 g/mol. The maximum absolute atomic E-state index is 12.0. The molecule has 0 bridgehead atoms. The van der Waals surface area contributed by atoms with Crippen molar-refractivity contribution in [2.75, 3.05) is 13.7 Å². The van der Waals surface area contributed by atoms with E-state index in [4.69, 9.17) is 9.84 Å². The number of aliphatic hydroxyl groups excluding tert-OH is 1. The quantitative estimate of drug-likeness (QED) is 0.814. The van der Waals surface area contributed by atoms with Crippen molar-refractivity contribution in [2.24, 2.45) is 0 Å². The number of methoxy groups -OCH3 is 1. The van der Waals surface area contributed by atoms with Gasteiger partial charge in [0, 0.05) is 6.04 Å². The predicted molar refractivity (Wildman–Crippen MR) is 64.6 cm³/mol. The summed E-state index contributed by atoms with van der Waals surface area (Å²) in [6.07, 6.45) is 0. The van der Waals surface area contributed by atoms with Gasteiger partial charge in [-0.2, -0.15) is 0 Å². The third kappa shape index (κ3) is 3.42. The minimum atomic E-state index is -3.59. The van der Waals surface area contributed by atoms with Crippen molar-refractivity contribution < 1.29 is 18.3 Å². The zero-order valence-corrected chi connectivity index (χ0v) is 10.9. The van der Waals surface area contributed by atoms with Crippen LogP contribution in [0.25, 0.3) is 0 Å². The Labute approximate surface area is 101 Å². The predicted octanol–water partition coefficient (Wildman–Crippen LogP) is 0.663. The zero-order valence-electron chi connectivity index (χ0n) is 10.1. The van der Waals surface area contributed by atoms with Crippen LogP contribution in [0.5, 0.6) is 5.75 Å². The molecule has 0 saturated carbocycles. The lowest BCUT2D eigenvalue weighted by Gasteiger charge is -2.13. The summed E-state index contributed by atoms with van der Waals surface area (Å²) in [5, 5.41) is 8.85. The Bertz CT molecular complexity index is 484. The molecule has 1 aromatic carbocycles. The maximum atomic E-state index is 12.0. The van der Waals surface area contributed by atoms with Gasteiger partial charge in [0.25, 0.3) is 0 Å². The fraction of sp³-hybridized carbons (Fsp3) is 0.455. The lowest BCUT2D eigenvalue weighted by Crippen LogP contribution is -2.35. The van der Waals surface area contributed by atoms with Gasteiger partial charge in [0.15, 0.2) is 0 Å². The smallest absolute Gasteiger partial charge is 0.241 e. The molecule has 17 heavy (non-hydrogen) atoms. The normalized spacial score (nSPS) is 13.4. The topological polar surface area (TPSA) is 75.6 Å². The first-order valence-electron chi connectivity index (χ1n) is 5.18. The first-order chi connectivity index (χ1) is 7.90. The molecular weight excluding hydrogens is 242 g/mol. The number of rotatable bonds is 5. The van der Waals surface area contributed by atoms with E-state index in [1.54, 1.807) is 26.0 Å². The molecular formula is C11H17NO4S. The summed E-state index contributed by atoms with van der Waals surface area (Å²) in [6.45, 7) is 3.05. The molecule has 0 aliphatic heterocycles. The number of aliphatic hydroxyl groups is 1. The highest BCUT2D eigenvalue weighted by atomic mass is 32.2. The largest absolute Gasteiger partial charge is 0.497 e. The molecule has 0 radical (unpaired) electrons. The van der Waals surface area contributed by atoms with Gasteiger partial charge in [-0.05, 0) is 37.6 Å². The van der Waals surface area contributed by atoms with Crippen LogP contribution in [-0.2, 0) is 10.0 Å². The Hall–Kier alpha value is -1.11. The zero-order chi connectivity index (χ0) is 13.1. The number of sulfonamides is 1. The molecule has 96 valence electrons. The summed E-state index contributed by atoms with van der Waals surface area (Å²) in [5.41, 5.74) is 0.599. The summed E-state index contributed by atoms with van der Waals surface area (Å²) in [7, 11) is -2.07. The molecule has 1 rings (SSSR count). The molecule has 0 saturated heterocycles. The summed E-state index contributed by atoms with van der Waals surface area (Å²) in [5.74, 6) is 0.608. The summed E-state index contributed by atoms with van der Waals surface area (Å²) < 4.78 is 31.3. The lowest BCUT2D eigenvalue weighted by atomic mass is 10.2. The van der Waals surface area contributed by atoms with Gasteiger partial charge >= 0.3 is 0 Å². The van der Waals surface area contributed by atoms with Crippen LogP contribution >= 0.6 is 0 Å². The van der Waals surface area contributed by atoms with E-state index in [9.17, 15) is 8.42 Å². The number of aryl methyl sites for hydroxylation is 1. The van der Waals surface area contributed by atoms with Crippen LogP contribution in [-0.4, -0.2) is 33.3 Å². The molecule has 0 amide bonds. The first-order valence-corrected chi connectivity index (χ1v) is 6.67. The van der Waals surface area contributed by atoms with Crippen molar-refractivity contribution in [3.8, 4) is 5.75 Å². The van der Waals surface area contributed by atoms with Crippen LogP contribution in [0.1, 0.15) is 12.5 Å². The van der Waals surface area contributed by atoms with Crippen molar-refractivity contribution in [1.82, 2.24) is 4.72 Å². The Kier molecular flexibility index (Phi) is 4.50. The molecule has 0 fully saturated rings. The van der Waals surface area contributed by atoms with Gasteiger partial charge in [-0.25, -0.2) is 13.1 Å². The second-order valence-electron chi connectivity index (χ2n) is 3.84. The Morgan fingerprint density at radius 2 is 2.12 bits per heavy atom. The van der Waals surface area contributed by atoms with Crippen LogP contribution in [0, 0.1) is 6.92 Å². The van der Waals surface area contributed by atoms with Gasteiger partial charge in [-0.1, -0.05) is 0 Å². The molecule has 1 atom stereocenters. The van der Waals surface area contributed by atoms with Gasteiger partial charge in [0.1, 0.15) is 5.75 Å². The molecule has 0 aromatic heterocycles. The van der Waals surface area contributed by atoms with Gasteiger partial charge in [0.2, 0.25) is 10.0 Å². The van der Waals surface area contributed by atoms with E-state index in [1.165, 1.54) is 13.2 Å². The Balaban J connectivity index is 3.07. The maximum Gasteiger partial charge on any atom is 0.241 e. The first kappa shape index (κ1) is 14.0. The van der Waals surface area contributed by atoms with Crippen molar-refractivity contribution in [1.29, 1.82) is 0 Å². The highest BCUT2D eigenvalue weighted by Crippen LogP contribution is 2.20. The molecule has 5 nitrogen and oxygen atoms in total. The van der Waals surface area contributed by atoms with E-state index in [1.807, 2.05) is 0 Å². The van der Waals surface area contributed by atoms with Crippen LogP contribution in [0.3, 0.4) is 0 Å². The highest BCUT2D eigenvalue weighted by molar-refractivity contribution is 7.89. The second kappa shape index (κ2) is 5.48. The Morgan fingerprint density at radius 1 is 1.47 bits per heavy atom. The van der Waals surface area contributed by atoms with E-state index >= 15 is 0 Å². The minimum absolute atomic E-state index is 0.193. The van der Waals surface area contributed by atoms with Crippen LogP contribution in [0.2, 0.25) is 0 Å². The Morgan fingerprint density at radius 3 is 2.59 bits per heavy atom. The monoisotopic (exact) mass is 259 g/mol. The van der Waals surface area contributed by atoms with Crippen molar-refractivity contribution in [3.63, 3.8) is 0 Å². The van der Waals surface area contributed by atoms with E-state index < -0.39 is 16.1 Å². The molecule has 0 heterocycles. The minimum Gasteiger partial charge on any atom is -0.497 e. The molecule has 0 spiro atoms. The molecule has 0 unspecified atom stereocenters. The number of nitrogens with one attached hydrogen (secondary N) is 1. The molecule has 6 heteroatoms. The van der Waals surface area contributed by atoms with E-state index in [0.29, 0.717) is 11.3 Å². The highest BCUT2D eigenvalue weighted by Gasteiger charge is 2.19. The SMILES string of the molecule is COc1ccc(S(=O)(=O)N[C@@H](C)CO)c(C)c1. The summed E-state index contributed by atoms with van der Waals surface area (Å²) in [4.78, 5) is 0.193. The number of hydrogen-bond acceptors (Lipinski definition) is 4. The van der Waals surface area contributed by atoms with Crippen molar-refractivity contribution >= 4 is 10.0 Å². The summed E-state index contributed by atoms with van der Waals surface area (Å²) >= 11 is 0. The molecule has 1 aromatic rings. The van der Waals surface area contributed by atoms with Crippen LogP contribution in [0.15, 0.2) is 23.1 Å². The summed E-state index contributed by atoms with van der Waals surface area (Å²) in [6, 6.07) is 4.21. The van der Waals surface area contributed by atoms with Crippen molar-refractivity contribution in [2.45, 2.75) is 24.8 Å². The number of ether oxygens (including phenoxy) is 1. The average Bonchev–Trinajstić information content (AvgIpc) is 2.27. The van der Waals surface area contributed by atoms with Crippen molar-refractivity contribution in [3.05, 3.63) is 23.8 Å². The fourth-order valence-corrected chi connectivity index (χ4v) is 2.88. The lowest BCUT2D eigenvalue weighted by molar-refractivity contribution is 0.265. The van der Waals surface area contributed by atoms with Gasteiger partial charge < -0.3 is 9.84 Å². The third-order valence-electron chi connectivity index (χ3n) is 2.30. The van der Waals surface area contributed by atoms with Gasteiger partial charge in [-0.3, -0.25) is 0 Å². The van der Waals surface area contributed by atoms with E-state index in [-0.39, 0.29) is 11.5 Å². The third-order valence-corrected chi connectivity index (χ3v) is 4.05. The van der Waals surface area contributed by atoms with E-state index in [2.05, 4.69) is 4.72 Å². The molecule has 0 aliphatic rings. The molecule has 2 N–H and O–H groups in total. The number of hydrogen-bond donors (Lipinski definition) is 2. The van der Waals surface area contributed by atoms with Crippen LogP contribution < -0.4 is 9.46 Å². The van der Waals surface area contributed by atoms with Gasteiger partial charge in [0.05, 0.1) is 18.6 Å². The number of benzene rings is 1. The second-order valence-corrected chi connectivity index (χ2v) is 5.52. The molecule has 0 aliphatic carbocycles.